The summed E-state index contributed by atoms with van der Waals surface area (Å²) in [4.78, 5) is 45.0. The van der Waals surface area contributed by atoms with Crippen LogP contribution in [0.5, 0.6) is 0 Å². The Hall–Kier alpha value is -3.16. The van der Waals surface area contributed by atoms with Gasteiger partial charge in [0.15, 0.2) is 0 Å². The number of aromatic nitrogens is 2. The van der Waals surface area contributed by atoms with Crippen LogP contribution in [-0.4, -0.2) is 45.8 Å². The number of benzene rings is 1. The van der Waals surface area contributed by atoms with Crippen LogP contribution in [0.2, 0.25) is 0 Å². The molecule has 2 aromatic rings. The quantitative estimate of drug-likeness (QED) is 0.813. The molecule has 1 aromatic heterocycles. The molecule has 0 saturated heterocycles. The highest BCUT2D eigenvalue weighted by Crippen LogP contribution is 2.24. The molecule has 0 radical (unpaired) electrons. The zero-order valence-corrected chi connectivity index (χ0v) is 13.9. The largest absolute Gasteiger partial charge is 0.467 e. The number of fused-ring (bicyclic) bond motifs is 1. The van der Waals surface area contributed by atoms with Crippen molar-refractivity contribution < 1.29 is 19.1 Å². The van der Waals surface area contributed by atoms with Crippen LogP contribution in [0.15, 0.2) is 30.6 Å². The van der Waals surface area contributed by atoms with E-state index in [1.54, 1.807) is 30.6 Å². The summed E-state index contributed by atoms with van der Waals surface area (Å²) in [6, 6.07) is 5.86. The Labute approximate surface area is 144 Å². The lowest BCUT2D eigenvalue weighted by Gasteiger charge is -2.33. The lowest BCUT2D eigenvalue weighted by Crippen LogP contribution is -2.49. The number of carbonyl (C=O) groups excluding carboxylic acids is 3. The number of methoxy groups -OCH3 is 1. The molecule has 0 spiro atoms. The first kappa shape index (κ1) is 16.7. The summed E-state index contributed by atoms with van der Waals surface area (Å²) in [5.41, 5.74) is 2.45. The summed E-state index contributed by atoms with van der Waals surface area (Å²) in [5, 5.41) is 2.64. The van der Waals surface area contributed by atoms with Crippen molar-refractivity contribution in [3.8, 4) is 0 Å². The predicted octanol–water partition coefficient (Wildman–Crippen LogP) is 1.11. The monoisotopic (exact) mass is 342 g/mol. The lowest BCUT2D eigenvalue weighted by atomic mass is 10.0. The van der Waals surface area contributed by atoms with Crippen LogP contribution in [0.3, 0.4) is 0 Å². The standard InChI is InChI=1S/C17H18N4O4/c1-10(22)20-12-5-3-4-11(6-12)16(23)21-8-14-13(18-9-19-14)7-15(21)17(24)25-2/h3-6,9,15H,7-8H2,1-2H3,(H,18,19)(H,20,22). The highest BCUT2D eigenvalue weighted by Gasteiger charge is 2.37. The molecule has 0 fully saturated rings. The number of H-pyrrole nitrogens is 1. The molecule has 2 amide bonds. The minimum absolute atomic E-state index is 0.225. The minimum atomic E-state index is -0.738. The second kappa shape index (κ2) is 6.76. The highest BCUT2D eigenvalue weighted by molar-refractivity contribution is 5.99. The molecule has 1 unspecified atom stereocenters. The number of amides is 2. The van der Waals surface area contributed by atoms with Crippen molar-refractivity contribution in [2.24, 2.45) is 0 Å². The van der Waals surface area contributed by atoms with Gasteiger partial charge in [-0.15, -0.1) is 0 Å². The Kier molecular flexibility index (Phi) is 4.51. The summed E-state index contributed by atoms with van der Waals surface area (Å²) in [6.07, 6.45) is 1.84. The third-order valence-electron chi connectivity index (χ3n) is 4.06. The smallest absolute Gasteiger partial charge is 0.329 e. The molecular formula is C17H18N4O4. The average Bonchev–Trinajstić information content (AvgIpc) is 3.06. The number of nitrogens with one attached hydrogen (secondary N) is 2. The molecule has 1 aliphatic rings. The van der Waals surface area contributed by atoms with Gasteiger partial charge in [-0.05, 0) is 18.2 Å². The average molecular weight is 342 g/mol. The summed E-state index contributed by atoms with van der Waals surface area (Å²) < 4.78 is 4.85. The number of imidazole rings is 1. The molecular weight excluding hydrogens is 324 g/mol. The van der Waals surface area contributed by atoms with Gasteiger partial charge in [-0.1, -0.05) is 6.07 Å². The molecule has 8 heteroatoms. The molecule has 0 saturated carbocycles. The van der Waals surface area contributed by atoms with Crippen LogP contribution in [0, 0.1) is 0 Å². The fourth-order valence-corrected chi connectivity index (χ4v) is 2.90. The van der Waals surface area contributed by atoms with Crippen LogP contribution in [0.4, 0.5) is 5.69 Å². The molecule has 1 atom stereocenters. The van der Waals surface area contributed by atoms with Crippen molar-refractivity contribution in [2.45, 2.75) is 25.9 Å². The van der Waals surface area contributed by atoms with E-state index in [9.17, 15) is 14.4 Å². The molecule has 0 aliphatic carbocycles. The van der Waals surface area contributed by atoms with Crippen LogP contribution < -0.4 is 5.32 Å². The highest BCUT2D eigenvalue weighted by atomic mass is 16.5. The van der Waals surface area contributed by atoms with E-state index in [0.717, 1.165) is 11.4 Å². The first-order valence-electron chi connectivity index (χ1n) is 7.77. The van der Waals surface area contributed by atoms with E-state index in [1.165, 1.54) is 18.9 Å². The van der Waals surface area contributed by atoms with Gasteiger partial charge in [0, 0.05) is 24.6 Å². The maximum Gasteiger partial charge on any atom is 0.329 e. The van der Waals surface area contributed by atoms with Gasteiger partial charge < -0.3 is 19.9 Å². The number of rotatable bonds is 3. The third-order valence-corrected chi connectivity index (χ3v) is 4.06. The topological polar surface area (TPSA) is 104 Å². The summed E-state index contributed by atoms with van der Waals surface area (Å²) >= 11 is 0. The fraction of sp³-hybridized carbons (Fsp3) is 0.294. The van der Waals surface area contributed by atoms with E-state index in [1.807, 2.05) is 0 Å². The van der Waals surface area contributed by atoms with E-state index in [4.69, 9.17) is 4.74 Å². The Bertz CT molecular complexity index is 830. The van der Waals surface area contributed by atoms with Gasteiger partial charge in [-0.3, -0.25) is 9.59 Å². The molecule has 2 heterocycles. The van der Waals surface area contributed by atoms with Gasteiger partial charge in [0.25, 0.3) is 5.91 Å². The predicted molar refractivity (Wildman–Crippen MR) is 88.7 cm³/mol. The zero-order chi connectivity index (χ0) is 18.0. The van der Waals surface area contributed by atoms with Gasteiger partial charge in [-0.25, -0.2) is 9.78 Å². The van der Waals surface area contributed by atoms with Gasteiger partial charge in [0.05, 0.1) is 31.4 Å². The summed E-state index contributed by atoms with van der Waals surface area (Å²) in [5.74, 6) is -1.03. The molecule has 25 heavy (non-hydrogen) atoms. The van der Waals surface area contributed by atoms with Crippen molar-refractivity contribution >= 4 is 23.5 Å². The summed E-state index contributed by atoms with van der Waals surface area (Å²) in [7, 11) is 1.29. The molecule has 1 aromatic carbocycles. The SMILES string of the molecule is COC(=O)C1Cc2nc[nH]c2CN1C(=O)c1cccc(NC(C)=O)c1. The van der Waals surface area contributed by atoms with Crippen LogP contribution in [0.1, 0.15) is 28.7 Å². The Balaban J connectivity index is 1.91. The molecule has 2 N–H and O–H groups in total. The lowest BCUT2D eigenvalue weighted by molar-refractivity contribution is -0.146. The molecule has 8 nitrogen and oxygen atoms in total. The van der Waals surface area contributed by atoms with E-state index in [2.05, 4.69) is 15.3 Å². The van der Waals surface area contributed by atoms with Crippen molar-refractivity contribution in [1.82, 2.24) is 14.9 Å². The number of nitrogens with zero attached hydrogens (tertiary/aromatic N) is 2. The second-order valence-corrected chi connectivity index (χ2v) is 5.77. The first-order chi connectivity index (χ1) is 12.0. The van der Waals surface area contributed by atoms with Gasteiger partial charge in [0.2, 0.25) is 5.91 Å². The van der Waals surface area contributed by atoms with E-state index < -0.39 is 12.0 Å². The van der Waals surface area contributed by atoms with Crippen molar-refractivity contribution in [1.29, 1.82) is 0 Å². The van der Waals surface area contributed by atoms with Crippen LogP contribution >= 0.6 is 0 Å². The zero-order valence-electron chi connectivity index (χ0n) is 13.9. The first-order valence-corrected chi connectivity index (χ1v) is 7.77. The Morgan fingerprint density at radius 2 is 2.16 bits per heavy atom. The number of hydrogen-bond donors (Lipinski definition) is 2. The van der Waals surface area contributed by atoms with Gasteiger partial charge >= 0.3 is 5.97 Å². The number of esters is 1. The number of hydrogen-bond acceptors (Lipinski definition) is 5. The maximum atomic E-state index is 13.0. The van der Waals surface area contributed by atoms with Crippen LogP contribution in [0.25, 0.3) is 0 Å². The van der Waals surface area contributed by atoms with E-state index in [-0.39, 0.29) is 18.4 Å². The van der Waals surface area contributed by atoms with Crippen molar-refractivity contribution in [2.75, 3.05) is 12.4 Å². The number of ether oxygens (including phenoxy) is 1. The molecule has 0 bridgehead atoms. The van der Waals surface area contributed by atoms with Gasteiger partial charge in [-0.2, -0.15) is 0 Å². The Morgan fingerprint density at radius 3 is 2.88 bits per heavy atom. The maximum absolute atomic E-state index is 13.0. The number of aromatic amines is 1. The molecule has 130 valence electrons. The molecule has 1 aliphatic heterocycles. The minimum Gasteiger partial charge on any atom is -0.467 e. The number of anilines is 1. The Morgan fingerprint density at radius 1 is 1.36 bits per heavy atom. The van der Waals surface area contributed by atoms with Crippen molar-refractivity contribution in [3.63, 3.8) is 0 Å². The second-order valence-electron chi connectivity index (χ2n) is 5.77. The van der Waals surface area contributed by atoms with E-state index in [0.29, 0.717) is 17.7 Å². The van der Waals surface area contributed by atoms with Crippen LogP contribution in [-0.2, 0) is 27.3 Å². The van der Waals surface area contributed by atoms with Crippen molar-refractivity contribution in [3.05, 3.63) is 47.5 Å². The van der Waals surface area contributed by atoms with E-state index >= 15 is 0 Å². The molecule has 3 rings (SSSR count). The number of carbonyl (C=O) groups is 3. The third kappa shape index (κ3) is 3.37. The van der Waals surface area contributed by atoms with Gasteiger partial charge in [0.1, 0.15) is 6.04 Å². The fourth-order valence-electron chi connectivity index (χ4n) is 2.90. The summed E-state index contributed by atoms with van der Waals surface area (Å²) in [6.45, 7) is 1.63. The normalized spacial score (nSPS) is 16.1.